The molecule has 2 fully saturated rings. The molecule has 1 aromatic carbocycles. The van der Waals surface area contributed by atoms with E-state index in [1.807, 2.05) is 0 Å². The van der Waals surface area contributed by atoms with Gasteiger partial charge in [-0.25, -0.2) is 0 Å². The van der Waals surface area contributed by atoms with Gasteiger partial charge in [-0.1, -0.05) is 32.1 Å². The molecular formula is C23H32O. The van der Waals surface area contributed by atoms with E-state index in [4.69, 9.17) is 4.74 Å². The third-order valence-electron chi connectivity index (χ3n) is 8.48. The zero-order valence-corrected chi connectivity index (χ0v) is 15.8. The maximum Gasteiger partial charge on any atom is 0.119 e. The first-order valence-electron chi connectivity index (χ1n) is 9.73. The van der Waals surface area contributed by atoms with E-state index < -0.39 is 0 Å². The smallest absolute Gasteiger partial charge is 0.119 e. The lowest BCUT2D eigenvalue weighted by Gasteiger charge is -2.54. The molecule has 130 valence electrons. The average Bonchev–Trinajstić information content (AvgIpc) is 2.87. The number of fused-ring (bicyclic) bond motifs is 5. The summed E-state index contributed by atoms with van der Waals surface area (Å²) in [5.74, 6) is 3.52. The Morgan fingerprint density at radius 3 is 2.67 bits per heavy atom. The molecule has 0 saturated heterocycles. The van der Waals surface area contributed by atoms with Gasteiger partial charge in [-0.05, 0) is 97.3 Å². The van der Waals surface area contributed by atoms with Crippen molar-refractivity contribution < 1.29 is 4.74 Å². The van der Waals surface area contributed by atoms with Crippen molar-refractivity contribution in [2.45, 2.75) is 65.2 Å². The Morgan fingerprint density at radius 1 is 1.17 bits per heavy atom. The topological polar surface area (TPSA) is 9.23 Å². The number of hydrogen-bond donors (Lipinski definition) is 0. The fourth-order valence-electron chi connectivity index (χ4n) is 6.65. The summed E-state index contributed by atoms with van der Waals surface area (Å²) in [6.07, 6.45) is 8.02. The Labute approximate surface area is 147 Å². The molecule has 5 atom stereocenters. The Kier molecular flexibility index (Phi) is 3.64. The molecule has 3 aliphatic carbocycles. The number of methoxy groups -OCH3 is 1. The van der Waals surface area contributed by atoms with Crippen LogP contribution in [0.5, 0.6) is 5.75 Å². The van der Waals surface area contributed by atoms with E-state index in [9.17, 15) is 0 Å². The highest BCUT2D eigenvalue weighted by Crippen LogP contribution is 2.69. The van der Waals surface area contributed by atoms with E-state index in [-0.39, 0.29) is 0 Å². The third-order valence-corrected chi connectivity index (χ3v) is 8.48. The minimum Gasteiger partial charge on any atom is -0.497 e. The van der Waals surface area contributed by atoms with Gasteiger partial charge in [0.05, 0.1) is 7.11 Å². The second-order valence-corrected chi connectivity index (χ2v) is 9.09. The van der Waals surface area contributed by atoms with Crippen LogP contribution in [-0.2, 0) is 6.42 Å². The molecule has 0 amide bonds. The SMILES string of the molecule is C=C(C)[C@@]1(C)CC[C@H]2[C@@H]3CCc4cc(OC)ccc4[C@H]3CC[C@@]21C. The zero-order valence-electron chi connectivity index (χ0n) is 15.8. The summed E-state index contributed by atoms with van der Waals surface area (Å²) >= 11 is 0. The fraction of sp³-hybridized carbons (Fsp3) is 0.652. The molecule has 0 aromatic heterocycles. The zero-order chi connectivity index (χ0) is 17.1. The van der Waals surface area contributed by atoms with Gasteiger partial charge in [0.2, 0.25) is 0 Å². The predicted molar refractivity (Wildman–Crippen MR) is 101 cm³/mol. The minimum absolute atomic E-state index is 0.336. The Bertz CT molecular complexity index is 675. The predicted octanol–water partition coefficient (Wildman–Crippen LogP) is 6.13. The summed E-state index contributed by atoms with van der Waals surface area (Å²) in [5.41, 5.74) is 5.36. The van der Waals surface area contributed by atoms with Crippen molar-refractivity contribution in [3.05, 3.63) is 41.5 Å². The van der Waals surface area contributed by atoms with Crippen LogP contribution < -0.4 is 4.74 Å². The van der Waals surface area contributed by atoms with Crippen molar-refractivity contribution in [1.82, 2.24) is 0 Å². The van der Waals surface area contributed by atoms with E-state index in [1.54, 1.807) is 18.2 Å². The molecule has 1 heteroatoms. The quantitative estimate of drug-likeness (QED) is 0.594. The van der Waals surface area contributed by atoms with Crippen LogP contribution >= 0.6 is 0 Å². The fourth-order valence-corrected chi connectivity index (χ4v) is 6.65. The Morgan fingerprint density at radius 2 is 1.96 bits per heavy atom. The van der Waals surface area contributed by atoms with Crippen molar-refractivity contribution in [2.75, 3.05) is 7.11 Å². The highest BCUT2D eigenvalue weighted by atomic mass is 16.5. The molecule has 0 heterocycles. The van der Waals surface area contributed by atoms with E-state index >= 15 is 0 Å². The summed E-state index contributed by atoms with van der Waals surface area (Å²) in [7, 11) is 1.77. The highest BCUT2D eigenvalue weighted by Gasteiger charge is 2.59. The standard InChI is InChI=1S/C23H32O/c1-15(2)22(3)13-11-21-20-8-6-16-14-17(24-5)7-9-18(16)19(20)10-12-23(21,22)4/h7,9,14,19-21H,1,6,8,10-13H2,2-5H3/t19-,20-,21+,22-,23+/m1/s1. The lowest BCUT2D eigenvalue weighted by Crippen LogP contribution is -2.46. The van der Waals surface area contributed by atoms with Crippen molar-refractivity contribution in [1.29, 1.82) is 0 Å². The molecule has 0 radical (unpaired) electrons. The molecule has 2 saturated carbocycles. The summed E-state index contributed by atoms with van der Waals surface area (Å²) < 4.78 is 5.45. The summed E-state index contributed by atoms with van der Waals surface area (Å²) in [4.78, 5) is 0. The molecule has 4 rings (SSSR count). The van der Waals surface area contributed by atoms with Crippen LogP contribution in [0.4, 0.5) is 0 Å². The van der Waals surface area contributed by atoms with Crippen LogP contribution in [0.25, 0.3) is 0 Å². The number of hydrogen-bond acceptors (Lipinski definition) is 1. The monoisotopic (exact) mass is 324 g/mol. The van der Waals surface area contributed by atoms with Crippen LogP contribution in [0.3, 0.4) is 0 Å². The van der Waals surface area contributed by atoms with Gasteiger partial charge < -0.3 is 4.74 Å². The second kappa shape index (κ2) is 5.38. The first kappa shape index (κ1) is 16.2. The summed E-state index contributed by atoms with van der Waals surface area (Å²) in [5, 5.41) is 0. The van der Waals surface area contributed by atoms with Crippen molar-refractivity contribution in [3.8, 4) is 5.75 Å². The van der Waals surface area contributed by atoms with E-state index in [0.29, 0.717) is 10.8 Å². The van der Waals surface area contributed by atoms with Crippen LogP contribution in [0.15, 0.2) is 30.4 Å². The van der Waals surface area contributed by atoms with Crippen molar-refractivity contribution in [3.63, 3.8) is 0 Å². The van der Waals surface area contributed by atoms with Gasteiger partial charge in [-0.2, -0.15) is 0 Å². The highest BCUT2D eigenvalue weighted by molar-refractivity contribution is 5.41. The lowest BCUT2D eigenvalue weighted by atomic mass is 9.50. The third kappa shape index (κ3) is 1.99. The Hall–Kier alpha value is -1.24. The van der Waals surface area contributed by atoms with Crippen molar-refractivity contribution >= 4 is 0 Å². The molecule has 0 aliphatic heterocycles. The van der Waals surface area contributed by atoms with Gasteiger partial charge in [0.15, 0.2) is 0 Å². The van der Waals surface area contributed by atoms with Crippen LogP contribution in [-0.4, -0.2) is 7.11 Å². The number of allylic oxidation sites excluding steroid dienone is 1. The summed E-state index contributed by atoms with van der Waals surface area (Å²) in [6.45, 7) is 11.7. The molecular weight excluding hydrogens is 292 g/mol. The number of aryl methyl sites for hydroxylation is 1. The molecule has 1 aromatic rings. The molecule has 0 N–H and O–H groups in total. The van der Waals surface area contributed by atoms with Gasteiger partial charge in [-0.15, -0.1) is 0 Å². The van der Waals surface area contributed by atoms with E-state index in [1.165, 1.54) is 44.1 Å². The maximum absolute atomic E-state index is 5.45. The molecule has 24 heavy (non-hydrogen) atoms. The first-order chi connectivity index (χ1) is 11.4. The second-order valence-electron chi connectivity index (χ2n) is 9.09. The van der Waals surface area contributed by atoms with Gasteiger partial charge in [0.25, 0.3) is 0 Å². The van der Waals surface area contributed by atoms with Crippen molar-refractivity contribution in [2.24, 2.45) is 22.7 Å². The van der Waals surface area contributed by atoms with Gasteiger partial charge in [0.1, 0.15) is 5.75 Å². The van der Waals surface area contributed by atoms with E-state index in [0.717, 1.165) is 23.5 Å². The minimum atomic E-state index is 0.336. The van der Waals surface area contributed by atoms with Crippen LogP contribution in [0.1, 0.15) is 69.9 Å². The molecule has 0 spiro atoms. The van der Waals surface area contributed by atoms with E-state index in [2.05, 4.69) is 45.5 Å². The normalized spacial score (nSPS) is 40.4. The number of benzene rings is 1. The average molecular weight is 325 g/mol. The van der Waals surface area contributed by atoms with Gasteiger partial charge in [-0.3, -0.25) is 0 Å². The molecule has 0 unspecified atom stereocenters. The maximum atomic E-state index is 5.45. The van der Waals surface area contributed by atoms with Gasteiger partial charge in [0, 0.05) is 0 Å². The summed E-state index contributed by atoms with van der Waals surface area (Å²) in [6, 6.07) is 6.81. The van der Waals surface area contributed by atoms with Crippen LogP contribution in [0.2, 0.25) is 0 Å². The molecule has 3 aliphatic rings. The first-order valence-corrected chi connectivity index (χ1v) is 9.73. The molecule has 0 bridgehead atoms. The molecule has 1 nitrogen and oxygen atoms in total. The van der Waals surface area contributed by atoms with Crippen LogP contribution in [0, 0.1) is 22.7 Å². The lowest BCUT2D eigenvalue weighted by molar-refractivity contribution is -0.0000455. The van der Waals surface area contributed by atoms with Gasteiger partial charge >= 0.3 is 0 Å². The number of rotatable bonds is 2. The Balaban J connectivity index is 1.69. The largest absolute Gasteiger partial charge is 0.497 e. The number of ether oxygens (including phenoxy) is 1.